The fraction of sp³-hybridized carbons (Fsp3) is 0.182. The Morgan fingerprint density at radius 3 is 2.50 bits per heavy atom. The fourth-order valence-corrected chi connectivity index (χ4v) is 2.12. The standard InChI is InChI=1S/C11H7ClF3NO2/c1-16-7-4-5(12)2-3-6(7)8(10(17)18)9(16)11(13,14)15/h2-4H,1H3,(H,17,18). The molecule has 1 N–H and O–H groups in total. The number of rotatable bonds is 1. The van der Waals surface area contributed by atoms with Crippen LogP contribution in [-0.2, 0) is 13.2 Å². The third-order valence-electron chi connectivity index (χ3n) is 2.65. The van der Waals surface area contributed by atoms with Gasteiger partial charge in [0.05, 0.1) is 11.1 Å². The lowest BCUT2D eigenvalue weighted by Gasteiger charge is -2.09. The summed E-state index contributed by atoms with van der Waals surface area (Å²) in [5.41, 5.74) is -1.81. The molecule has 0 radical (unpaired) electrons. The Morgan fingerprint density at radius 2 is 2.00 bits per heavy atom. The molecule has 96 valence electrons. The van der Waals surface area contributed by atoms with Gasteiger partial charge in [-0.3, -0.25) is 0 Å². The van der Waals surface area contributed by atoms with Crippen molar-refractivity contribution in [3.8, 4) is 0 Å². The highest BCUT2D eigenvalue weighted by Crippen LogP contribution is 2.38. The van der Waals surface area contributed by atoms with Crippen molar-refractivity contribution in [3.63, 3.8) is 0 Å². The molecule has 0 saturated heterocycles. The highest BCUT2D eigenvalue weighted by atomic mass is 35.5. The smallest absolute Gasteiger partial charge is 0.432 e. The second kappa shape index (κ2) is 3.91. The highest BCUT2D eigenvalue weighted by molar-refractivity contribution is 6.31. The average Bonchev–Trinajstić information content (AvgIpc) is 2.51. The predicted molar refractivity (Wildman–Crippen MR) is 59.9 cm³/mol. The zero-order valence-corrected chi connectivity index (χ0v) is 9.80. The van der Waals surface area contributed by atoms with Gasteiger partial charge in [-0.2, -0.15) is 13.2 Å². The van der Waals surface area contributed by atoms with E-state index in [2.05, 4.69) is 0 Å². The van der Waals surface area contributed by atoms with E-state index in [0.29, 0.717) is 0 Å². The first-order valence-electron chi connectivity index (χ1n) is 4.82. The second-order valence-corrected chi connectivity index (χ2v) is 4.18. The molecular weight excluding hydrogens is 271 g/mol. The van der Waals surface area contributed by atoms with Crippen molar-refractivity contribution < 1.29 is 23.1 Å². The number of aromatic nitrogens is 1. The van der Waals surface area contributed by atoms with Crippen LogP contribution in [-0.4, -0.2) is 15.6 Å². The number of carboxylic acid groups (broad SMARTS) is 1. The predicted octanol–water partition coefficient (Wildman–Crippen LogP) is 3.55. The number of hydrogen-bond acceptors (Lipinski definition) is 1. The lowest BCUT2D eigenvalue weighted by Crippen LogP contribution is -2.15. The second-order valence-electron chi connectivity index (χ2n) is 3.75. The first kappa shape index (κ1) is 12.8. The van der Waals surface area contributed by atoms with Crippen LogP contribution in [0.4, 0.5) is 13.2 Å². The zero-order chi connectivity index (χ0) is 13.7. The minimum Gasteiger partial charge on any atom is -0.478 e. The molecule has 0 unspecified atom stereocenters. The van der Waals surface area contributed by atoms with E-state index in [1.807, 2.05) is 0 Å². The maximum Gasteiger partial charge on any atom is 0.432 e. The number of aromatic carboxylic acids is 1. The van der Waals surface area contributed by atoms with Crippen LogP contribution in [0.5, 0.6) is 0 Å². The van der Waals surface area contributed by atoms with Gasteiger partial charge in [-0.15, -0.1) is 0 Å². The number of benzene rings is 1. The molecule has 1 aromatic carbocycles. The number of carboxylic acids is 1. The number of alkyl halides is 3. The largest absolute Gasteiger partial charge is 0.478 e. The molecule has 18 heavy (non-hydrogen) atoms. The molecule has 0 aliphatic heterocycles. The van der Waals surface area contributed by atoms with E-state index in [1.54, 1.807) is 0 Å². The van der Waals surface area contributed by atoms with Crippen LogP contribution in [0.15, 0.2) is 18.2 Å². The van der Waals surface area contributed by atoms with E-state index >= 15 is 0 Å². The summed E-state index contributed by atoms with van der Waals surface area (Å²) < 4.78 is 39.5. The summed E-state index contributed by atoms with van der Waals surface area (Å²) in [5.74, 6) is -1.62. The molecule has 3 nitrogen and oxygen atoms in total. The summed E-state index contributed by atoms with van der Waals surface area (Å²) in [6.07, 6.45) is -4.74. The molecule has 0 atom stereocenters. The Kier molecular flexibility index (Phi) is 2.77. The first-order chi connectivity index (χ1) is 8.23. The van der Waals surface area contributed by atoms with Gasteiger partial charge in [0.15, 0.2) is 0 Å². The lowest BCUT2D eigenvalue weighted by molar-refractivity contribution is -0.143. The monoisotopic (exact) mass is 277 g/mol. The van der Waals surface area contributed by atoms with Crippen molar-refractivity contribution in [2.75, 3.05) is 0 Å². The zero-order valence-electron chi connectivity index (χ0n) is 9.05. The van der Waals surface area contributed by atoms with Crippen LogP contribution >= 0.6 is 11.6 Å². The molecule has 0 aliphatic carbocycles. The Morgan fingerprint density at radius 1 is 1.39 bits per heavy atom. The molecule has 0 amide bonds. The molecule has 7 heteroatoms. The van der Waals surface area contributed by atoms with Crippen LogP contribution < -0.4 is 0 Å². The van der Waals surface area contributed by atoms with Crippen LogP contribution in [0, 0.1) is 0 Å². The van der Waals surface area contributed by atoms with Crippen LogP contribution in [0.3, 0.4) is 0 Å². The molecule has 0 spiro atoms. The van der Waals surface area contributed by atoms with Crippen molar-refractivity contribution in [1.82, 2.24) is 4.57 Å². The molecule has 1 heterocycles. The van der Waals surface area contributed by atoms with Crippen molar-refractivity contribution >= 4 is 28.5 Å². The van der Waals surface area contributed by atoms with Crippen molar-refractivity contribution in [2.45, 2.75) is 6.18 Å². The molecule has 0 bridgehead atoms. The first-order valence-corrected chi connectivity index (χ1v) is 5.19. The SMILES string of the molecule is Cn1c(C(F)(F)F)c(C(=O)O)c2ccc(Cl)cc21. The molecule has 1 aromatic heterocycles. The molecule has 2 aromatic rings. The third kappa shape index (κ3) is 1.82. The minimum absolute atomic E-state index is 0.0155. The van der Waals surface area contributed by atoms with Gasteiger partial charge < -0.3 is 9.67 Å². The fourth-order valence-electron chi connectivity index (χ4n) is 1.96. The van der Waals surface area contributed by atoms with Crippen LogP contribution in [0.2, 0.25) is 5.02 Å². The van der Waals surface area contributed by atoms with Crippen LogP contribution in [0.25, 0.3) is 10.9 Å². The molecular formula is C11H7ClF3NO2. The summed E-state index contributed by atoms with van der Waals surface area (Å²) in [5, 5.41) is 9.22. The number of aryl methyl sites for hydroxylation is 1. The van der Waals surface area contributed by atoms with E-state index in [1.165, 1.54) is 18.2 Å². The number of carbonyl (C=O) groups is 1. The lowest BCUT2D eigenvalue weighted by atomic mass is 10.1. The molecule has 2 rings (SSSR count). The van der Waals surface area contributed by atoms with Crippen molar-refractivity contribution in [3.05, 3.63) is 34.5 Å². The number of hydrogen-bond donors (Lipinski definition) is 1. The summed E-state index contributed by atoms with van der Waals surface area (Å²) >= 11 is 5.70. The van der Waals surface area contributed by atoms with Gasteiger partial charge in [-0.05, 0) is 12.1 Å². The maximum atomic E-state index is 12.9. The molecule has 0 saturated carbocycles. The van der Waals surface area contributed by atoms with E-state index in [9.17, 15) is 18.0 Å². The maximum absolute atomic E-state index is 12.9. The summed E-state index contributed by atoms with van der Waals surface area (Å²) in [6.45, 7) is 0. The van der Waals surface area contributed by atoms with Crippen LogP contribution in [0.1, 0.15) is 16.1 Å². The average molecular weight is 278 g/mol. The quantitative estimate of drug-likeness (QED) is 0.866. The van der Waals surface area contributed by atoms with Gasteiger partial charge in [-0.1, -0.05) is 17.7 Å². The van der Waals surface area contributed by atoms with Gasteiger partial charge in [0.25, 0.3) is 0 Å². The Hall–Kier alpha value is -1.69. The van der Waals surface area contributed by atoms with E-state index < -0.39 is 23.4 Å². The van der Waals surface area contributed by atoms with E-state index in [-0.39, 0.29) is 15.9 Å². The van der Waals surface area contributed by atoms with Gasteiger partial charge >= 0.3 is 12.1 Å². The Balaban J connectivity index is 2.97. The van der Waals surface area contributed by atoms with Gasteiger partial charge in [0.2, 0.25) is 0 Å². The number of nitrogens with zero attached hydrogens (tertiary/aromatic N) is 1. The highest BCUT2D eigenvalue weighted by Gasteiger charge is 2.40. The van der Waals surface area contributed by atoms with Gasteiger partial charge in [0.1, 0.15) is 5.69 Å². The Bertz CT molecular complexity index is 646. The normalized spacial score (nSPS) is 12.1. The summed E-state index contributed by atoms with van der Waals surface area (Å²) in [6, 6.07) is 3.94. The van der Waals surface area contributed by atoms with E-state index in [0.717, 1.165) is 11.6 Å². The number of halogens is 4. The topological polar surface area (TPSA) is 42.2 Å². The number of fused-ring (bicyclic) bond motifs is 1. The van der Waals surface area contributed by atoms with E-state index in [4.69, 9.17) is 16.7 Å². The minimum atomic E-state index is -4.74. The van der Waals surface area contributed by atoms with Gasteiger partial charge in [-0.25, -0.2) is 4.79 Å². The van der Waals surface area contributed by atoms with Crippen molar-refractivity contribution in [1.29, 1.82) is 0 Å². The summed E-state index contributed by atoms with van der Waals surface area (Å²) in [4.78, 5) is 11.0. The summed E-state index contributed by atoms with van der Waals surface area (Å²) in [7, 11) is 1.16. The molecule has 0 aliphatic rings. The third-order valence-corrected chi connectivity index (χ3v) is 2.88. The van der Waals surface area contributed by atoms with Gasteiger partial charge in [0, 0.05) is 17.5 Å². The molecule has 0 fully saturated rings. The van der Waals surface area contributed by atoms with Crippen molar-refractivity contribution in [2.24, 2.45) is 7.05 Å². The Labute approximate surface area is 104 Å².